The largest absolute Gasteiger partial charge is 0.323 e. The highest BCUT2D eigenvalue weighted by Gasteiger charge is 2.36. The van der Waals surface area contributed by atoms with Gasteiger partial charge in [0, 0.05) is 28.2 Å². The van der Waals surface area contributed by atoms with Crippen molar-refractivity contribution < 1.29 is 8.78 Å². The minimum Gasteiger partial charge on any atom is -0.323 e. The quantitative estimate of drug-likeness (QED) is 0.855. The smallest absolute Gasteiger partial charge is 0.248 e. The van der Waals surface area contributed by atoms with E-state index in [9.17, 15) is 8.78 Å². The predicted octanol–water partition coefficient (Wildman–Crippen LogP) is 4.73. The molecule has 96 valence electrons. The molecular weight excluding hydrogens is 308 g/mol. The first kappa shape index (κ1) is 13.4. The molecule has 2 rings (SSSR count). The normalized spacial score (nSPS) is 25.8. The SMILES string of the molecule is NC(CC1CCCC(F)(F)C1)c1sccc1Br. The lowest BCUT2D eigenvalue weighted by Gasteiger charge is -2.30. The maximum Gasteiger partial charge on any atom is 0.248 e. The zero-order chi connectivity index (χ0) is 12.5. The first-order valence-electron chi connectivity index (χ1n) is 5.84. The van der Waals surface area contributed by atoms with Gasteiger partial charge in [0.15, 0.2) is 0 Å². The van der Waals surface area contributed by atoms with Gasteiger partial charge in [-0.25, -0.2) is 8.78 Å². The molecule has 1 saturated carbocycles. The van der Waals surface area contributed by atoms with Crippen molar-refractivity contribution in [2.75, 3.05) is 0 Å². The topological polar surface area (TPSA) is 26.0 Å². The van der Waals surface area contributed by atoms with Crippen molar-refractivity contribution in [2.24, 2.45) is 11.7 Å². The van der Waals surface area contributed by atoms with Gasteiger partial charge in [-0.15, -0.1) is 11.3 Å². The molecule has 1 fully saturated rings. The van der Waals surface area contributed by atoms with Crippen molar-refractivity contribution in [1.29, 1.82) is 0 Å². The van der Waals surface area contributed by atoms with Crippen LogP contribution < -0.4 is 5.73 Å². The number of thiophene rings is 1. The number of hydrogen-bond donors (Lipinski definition) is 1. The summed E-state index contributed by atoms with van der Waals surface area (Å²) >= 11 is 5.02. The van der Waals surface area contributed by atoms with E-state index in [1.807, 2.05) is 11.4 Å². The van der Waals surface area contributed by atoms with Crippen LogP contribution in [0.1, 0.15) is 43.0 Å². The van der Waals surface area contributed by atoms with Gasteiger partial charge in [0.05, 0.1) is 0 Å². The molecule has 0 aliphatic heterocycles. The second kappa shape index (κ2) is 5.33. The van der Waals surface area contributed by atoms with Crippen LogP contribution in [0.5, 0.6) is 0 Å². The summed E-state index contributed by atoms with van der Waals surface area (Å²) in [5.41, 5.74) is 6.10. The summed E-state index contributed by atoms with van der Waals surface area (Å²) in [7, 11) is 0. The van der Waals surface area contributed by atoms with E-state index in [-0.39, 0.29) is 24.8 Å². The summed E-state index contributed by atoms with van der Waals surface area (Å²) in [6, 6.07) is 1.83. The molecule has 1 aliphatic rings. The van der Waals surface area contributed by atoms with Crippen LogP contribution in [0.2, 0.25) is 0 Å². The van der Waals surface area contributed by atoms with Crippen LogP contribution in [0.3, 0.4) is 0 Å². The van der Waals surface area contributed by atoms with Crippen molar-refractivity contribution in [3.8, 4) is 0 Å². The average molecular weight is 324 g/mol. The first-order chi connectivity index (χ1) is 7.98. The van der Waals surface area contributed by atoms with Crippen LogP contribution in [-0.4, -0.2) is 5.92 Å². The fourth-order valence-electron chi connectivity index (χ4n) is 2.51. The van der Waals surface area contributed by atoms with Gasteiger partial charge in [0.2, 0.25) is 5.92 Å². The van der Waals surface area contributed by atoms with E-state index in [1.54, 1.807) is 11.3 Å². The highest BCUT2D eigenvalue weighted by Crippen LogP contribution is 2.41. The first-order valence-corrected chi connectivity index (χ1v) is 7.51. The summed E-state index contributed by atoms with van der Waals surface area (Å²) in [5.74, 6) is -2.42. The predicted molar refractivity (Wildman–Crippen MR) is 70.5 cm³/mol. The van der Waals surface area contributed by atoms with Crippen molar-refractivity contribution >= 4 is 27.3 Å². The Bertz CT molecular complexity index is 380. The molecule has 1 nitrogen and oxygen atoms in total. The van der Waals surface area contributed by atoms with Gasteiger partial charge in [0.1, 0.15) is 0 Å². The molecule has 1 aromatic rings. The molecule has 0 bridgehead atoms. The van der Waals surface area contributed by atoms with E-state index in [0.717, 1.165) is 15.8 Å². The molecule has 1 aliphatic carbocycles. The lowest BCUT2D eigenvalue weighted by molar-refractivity contribution is -0.0543. The second-order valence-electron chi connectivity index (χ2n) is 4.79. The molecule has 17 heavy (non-hydrogen) atoms. The molecular formula is C12H16BrF2NS. The van der Waals surface area contributed by atoms with Crippen LogP contribution in [0, 0.1) is 5.92 Å². The number of nitrogens with two attached hydrogens (primary N) is 1. The third-order valence-corrected chi connectivity index (χ3v) is 5.31. The van der Waals surface area contributed by atoms with Gasteiger partial charge >= 0.3 is 0 Å². The van der Waals surface area contributed by atoms with Crippen molar-refractivity contribution in [2.45, 2.75) is 44.1 Å². The summed E-state index contributed by atoms with van der Waals surface area (Å²) in [4.78, 5) is 1.07. The molecule has 0 saturated heterocycles. The van der Waals surface area contributed by atoms with Crippen LogP contribution in [0.4, 0.5) is 8.78 Å². The lowest BCUT2D eigenvalue weighted by atomic mass is 9.82. The van der Waals surface area contributed by atoms with E-state index in [0.29, 0.717) is 12.8 Å². The summed E-state index contributed by atoms with van der Waals surface area (Å²) in [5, 5.41) is 1.97. The molecule has 0 aromatic carbocycles. The van der Waals surface area contributed by atoms with E-state index in [2.05, 4.69) is 15.9 Å². The van der Waals surface area contributed by atoms with Crippen LogP contribution in [0.15, 0.2) is 15.9 Å². The zero-order valence-electron chi connectivity index (χ0n) is 9.46. The molecule has 0 radical (unpaired) electrons. The van der Waals surface area contributed by atoms with Crippen LogP contribution >= 0.6 is 27.3 Å². The Balaban J connectivity index is 1.95. The Morgan fingerprint density at radius 3 is 2.94 bits per heavy atom. The lowest BCUT2D eigenvalue weighted by Crippen LogP contribution is -2.28. The van der Waals surface area contributed by atoms with Crippen molar-refractivity contribution in [3.63, 3.8) is 0 Å². The van der Waals surface area contributed by atoms with Gasteiger partial charge < -0.3 is 5.73 Å². The minimum atomic E-state index is -2.48. The Morgan fingerprint density at radius 1 is 1.59 bits per heavy atom. The molecule has 0 amide bonds. The molecule has 2 N–H and O–H groups in total. The number of halogens is 3. The van der Waals surface area contributed by atoms with Gasteiger partial charge in [-0.1, -0.05) is 0 Å². The van der Waals surface area contributed by atoms with E-state index < -0.39 is 5.92 Å². The molecule has 5 heteroatoms. The van der Waals surface area contributed by atoms with Crippen LogP contribution in [0.25, 0.3) is 0 Å². The molecule has 2 atom stereocenters. The van der Waals surface area contributed by atoms with Crippen LogP contribution in [-0.2, 0) is 0 Å². The van der Waals surface area contributed by atoms with E-state index >= 15 is 0 Å². The van der Waals surface area contributed by atoms with Gasteiger partial charge in [0.25, 0.3) is 0 Å². The maximum absolute atomic E-state index is 13.3. The highest BCUT2D eigenvalue weighted by molar-refractivity contribution is 9.10. The van der Waals surface area contributed by atoms with Crippen molar-refractivity contribution in [3.05, 3.63) is 20.8 Å². The maximum atomic E-state index is 13.3. The highest BCUT2D eigenvalue weighted by atomic mass is 79.9. The summed E-state index contributed by atoms with van der Waals surface area (Å²) in [6.45, 7) is 0. The van der Waals surface area contributed by atoms with E-state index in [4.69, 9.17) is 5.73 Å². The van der Waals surface area contributed by atoms with Gasteiger partial charge in [-0.3, -0.25) is 0 Å². The Labute approximate surface area is 113 Å². The van der Waals surface area contributed by atoms with Crippen molar-refractivity contribution in [1.82, 2.24) is 0 Å². The molecule has 1 aromatic heterocycles. The second-order valence-corrected chi connectivity index (χ2v) is 6.60. The van der Waals surface area contributed by atoms with E-state index in [1.165, 1.54) is 0 Å². The molecule has 2 unspecified atom stereocenters. The standard InChI is InChI=1S/C12H16BrF2NS/c13-9-3-5-17-11(9)10(16)6-8-2-1-4-12(14,15)7-8/h3,5,8,10H,1-2,4,6-7,16H2. The van der Waals surface area contributed by atoms with Gasteiger partial charge in [-0.2, -0.15) is 0 Å². The zero-order valence-corrected chi connectivity index (χ0v) is 11.9. The number of alkyl halides is 2. The fourth-order valence-corrected chi connectivity index (χ4v) is 4.20. The fraction of sp³-hybridized carbons (Fsp3) is 0.667. The average Bonchev–Trinajstić information content (AvgIpc) is 2.62. The van der Waals surface area contributed by atoms with Gasteiger partial charge in [-0.05, 0) is 52.6 Å². The minimum absolute atomic E-state index is 0.00366. The number of rotatable bonds is 3. The Kier molecular flexibility index (Phi) is 4.21. The molecule has 0 spiro atoms. The number of hydrogen-bond acceptors (Lipinski definition) is 2. The third-order valence-electron chi connectivity index (χ3n) is 3.31. The Hall–Kier alpha value is -0.000000000000000111. The monoisotopic (exact) mass is 323 g/mol. The summed E-state index contributed by atoms with van der Waals surface area (Å²) in [6.07, 6.45) is 2.21. The summed E-state index contributed by atoms with van der Waals surface area (Å²) < 4.78 is 27.6. The Morgan fingerprint density at radius 2 is 2.35 bits per heavy atom. The third kappa shape index (κ3) is 3.48. The molecule has 1 heterocycles.